The number of likely N-dealkylation sites (tertiary alicyclic amines) is 1. The van der Waals surface area contributed by atoms with Gasteiger partial charge in [-0.3, -0.25) is 9.59 Å². The molecule has 3 rings (SSSR count). The van der Waals surface area contributed by atoms with Gasteiger partial charge in [-0.2, -0.15) is 5.10 Å². The lowest BCUT2D eigenvalue weighted by molar-refractivity contribution is -0.135. The molecular formula is C22H30N4O2. The molecule has 2 amide bonds. The standard InChI is InChI=1S/C22H30N4O2/c1-4-12-23-22(28)18-10-13-25(14-11-18)21(27)15-20-16(2)24-26(17(20)3)19-8-6-5-7-9-19/h5-9,18H,4,10-15H2,1-3H3,(H,23,28). The van der Waals surface area contributed by atoms with Crippen LogP contribution in [0.15, 0.2) is 30.3 Å². The number of nitrogens with zero attached hydrogens (tertiary/aromatic N) is 3. The molecule has 0 saturated carbocycles. The summed E-state index contributed by atoms with van der Waals surface area (Å²) in [5.74, 6) is 0.274. The van der Waals surface area contributed by atoms with E-state index in [2.05, 4.69) is 10.4 Å². The minimum Gasteiger partial charge on any atom is -0.356 e. The smallest absolute Gasteiger partial charge is 0.227 e. The highest BCUT2D eigenvalue weighted by atomic mass is 16.2. The number of aryl methyl sites for hydroxylation is 1. The van der Waals surface area contributed by atoms with E-state index in [-0.39, 0.29) is 17.7 Å². The maximum Gasteiger partial charge on any atom is 0.227 e. The monoisotopic (exact) mass is 382 g/mol. The third kappa shape index (κ3) is 4.43. The van der Waals surface area contributed by atoms with Crippen LogP contribution in [0.25, 0.3) is 5.69 Å². The lowest BCUT2D eigenvalue weighted by atomic mass is 9.95. The average Bonchev–Trinajstić information content (AvgIpc) is 3.01. The molecule has 1 aliphatic rings. The van der Waals surface area contributed by atoms with Crippen LogP contribution in [0.2, 0.25) is 0 Å². The van der Waals surface area contributed by atoms with Crippen molar-refractivity contribution in [1.82, 2.24) is 20.0 Å². The Bertz CT molecular complexity index is 821. The van der Waals surface area contributed by atoms with Crippen molar-refractivity contribution in [3.63, 3.8) is 0 Å². The number of piperidine rings is 1. The largest absolute Gasteiger partial charge is 0.356 e. The summed E-state index contributed by atoms with van der Waals surface area (Å²) in [5, 5.41) is 7.60. The average molecular weight is 383 g/mol. The topological polar surface area (TPSA) is 67.2 Å². The van der Waals surface area contributed by atoms with E-state index in [9.17, 15) is 9.59 Å². The molecule has 1 aromatic heterocycles. The van der Waals surface area contributed by atoms with Gasteiger partial charge in [0, 0.05) is 36.8 Å². The van der Waals surface area contributed by atoms with E-state index < -0.39 is 0 Å². The van der Waals surface area contributed by atoms with Crippen LogP contribution < -0.4 is 5.32 Å². The van der Waals surface area contributed by atoms with Crippen molar-refractivity contribution in [2.24, 2.45) is 5.92 Å². The summed E-state index contributed by atoms with van der Waals surface area (Å²) in [6.07, 6.45) is 2.78. The molecule has 1 aromatic carbocycles. The fourth-order valence-corrected chi connectivity index (χ4v) is 3.80. The van der Waals surface area contributed by atoms with E-state index in [1.54, 1.807) is 0 Å². The Kier molecular flexibility index (Phi) is 6.49. The van der Waals surface area contributed by atoms with Crippen molar-refractivity contribution in [3.8, 4) is 5.69 Å². The lowest BCUT2D eigenvalue weighted by Gasteiger charge is -2.31. The SMILES string of the molecule is CCCNC(=O)C1CCN(C(=O)Cc2c(C)nn(-c3ccccc3)c2C)CC1. The molecule has 1 aliphatic heterocycles. The van der Waals surface area contributed by atoms with Gasteiger partial charge < -0.3 is 10.2 Å². The first-order valence-corrected chi connectivity index (χ1v) is 10.2. The second-order valence-electron chi connectivity index (χ2n) is 7.52. The van der Waals surface area contributed by atoms with Gasteiger partial charge in [0.15, 0.2) is 0 Å². The molecule has 2 aromatic rings. The summed E-state index contributed by atoms with van der Waals surface area (Å²) in [6, 6.07) is 9.97. The molecule has 0 spiro atoms. The highest BCUT2D eigenvalue weighted by Crippen LogP contribution is 2.22. The van der Waals surface area contributed by atoms with Crippen LogP contribution in [0.4, 0.5) is 0 Å². The van der Waals surface area contributed by atoms with E-state index in [1.165, 1.54) is 0 Å². The third-order valence-corrected chi connectivity index (χ3v) is 5.54. The first-order valence-electron chi connectivity index (χ1n) is 10.2. The summed E-state index contributed by atoms with van der Waals surface area (Å²) in [4.78, 5) is 26.9. The molecule has 1 fully saturated rings. The number of rotatable bonds is 6. The molecule has 6 heteroatoms. The van der Waals surface area contributed by atoms with Crippen molar-refractivity contribution in [1.29, 1.82) is 0 Å². The van der Waals surface area contributed by atoms with Gasteiger partial charge in [0.1, 0.15) is 0 Å². The van der Waals surface area contributed by atoms with Gasteiger partial charge in [0.2, 0.25) is 11.8 Å². The minimum absolute atomic E-state index is 0.0277. The maximum absolute atomic E-state index is 12.9. The zero-order chi connectivity index (χ0) is 20.1. The number of para-hydroxylation sites is 1. The molecule has 28 heavy (non-hydrogen) atoms. The molecule has 6 nitrogen and oxygen atoms in total. The summed E-state index contributed by atoms with van der Waals surface area (Å²) >= 11 is 0. The number of carbonyl (C=O) groups is 2. The van der Waals surface area contributed by atoms with E-state index in [0.717, 1.165) is 48.4 Å². The van der Waals surface area contributed by atoms with Gasteiger partial charge in [-0.1, -0.05) is 25.1 Å². The number of hydrogen-bond acceptors (Lipinski definition) is 3. The minimum atomic E-state index is 0.0277. The molecule has 1 saturated heterocycles. The van der Waals surface area contributed by atoms with Crippen molar-refractivity contribution in [2.45, 2.75) is 46.5 Å². The quantitative estimate of drug-likeness (QED) is 0.835. The predicted octanol–water partition coefficient (Wildman–Crippen LogP) is 2.80. The van der Waals surface area contributed by atoms with E-state index in [1.807, 2.05) is 60.7 Å². The number of aromatic nitrogens is 2. The van der Waals surface area contributed by atoms with Gasteiger partial charge in [-0.05, 0) is 45.2 Å². The summed E-state index contributed by atoms with van der Waals surface area (Å²) in [7, 11) is 0. The van der Waals surface area contributed by atoms with Crippen LogP contribution in [0.1, 0.15) is 43.1 Å². The molecule has 150 valence electrons. The van der Waals surface area contributed by atoms with Gasteiger partial charge in [-0.15, -0.1) is 0 Å². The third-order valence-electron chi connectivity index (χ3n) is 5.54. The van der Waals surface area contributed by atoms with Crippen LogP contribution in [0.5, 0.6) is 0 Å². The Balaban J connectivity index is 1.62. The van der Waals surface area contributed by atoms with Gasteiger partial charge >= 0.3 is 0 Å². The fraction of sp³-hybridized carbons (Fsp3) is 0.500. The molecule has 0 bridgehead atoms. The molecule has 1 N–H and O–H groups in total. The van der Waals surface area contributed by atoms with E-state index in [4.69, 9.17) is 0 Å². The molecular weight excluding hydrogens is 352 g/mol. The van der Waals surface area contributed by atoms with Crippen LogP contribution >= 0.6 is 0 Å². The first kappa shape index (κ1) is 20.1. The van der Waals surface area contributed by atoms with Gasteiger partial charge in [0.25, 0.3) is 0 Å². The van der Waals surface area contributed by atoms with Crippen LogP contribution in [-0.4, -0.2) is 46.1 Å². The van der Waals surface area contributed by atoms with E-state index in [0.29, 0.717) is 19.5 Å². The Morgan fingerprint density at radius 1 is 1.14 bits per heavy atom. The van der Waals surface area contributed by atoms with Gasteiger partial charge in [-0.25, -0.2) is 4.68 Å². The number of amides is 2. The van der Waals surface area contributed by atoms with Crippen molar-refractivity contribution < 1.29 is 9.59 Å². The van der Waals surface area contributed by atoms with Crippen molar-refractivity contribution >= 4 is 11.8 Å². The zero-order valence-electron chi connectivity index (χ0n) is 17.1. The summed E-state index contributed by atoms with van der Waals surface area (Å²) in [6.45, 7) is 8.04. The number of benzene rings is 1. The molecule has 0 unspecified atom stereocenters. The Hall–Kier alpha value is -2.63. The van der Waals surface area contributed by atoms with E-state index >= 15 is 0 Å². The number of nitrogens with one attached hydrogen (secondary N) is 1. The van der Waals surface area contributed by atoms with Crippen LogP contribution in [-0.2, 0) is 16.0 Å². The van der Waals surface area contributed by atoms with Gasteiger partial charge in [0.05, 0.1) is 17.8 Å². The van der Waals surface area contributed by atoms with Crippen molar-refractivity contribution in [3.05, 3.63) is 47.3 Å². The summed E-state index contributed by atoms with van der Waals surface area (Å²) in [5.41, 5.74) is 3.90. The molecule has 0 atom stereocenters. The zero-order valence-corrected chi connectivity index (χ0v) is 17.1. The lowest BCUT2D eigenvalue weighted by Crippen LogP contribution is -2.43. The number of carbonyl (C=O) groups excluding carboxylic acids is 2. The molecule has 2 heterocycles. The Morgan fingerprint density at radius 2 is 1.82 bits per heavy atom. The maximum atomic E-state index is 12.9. The highest BCUT2D eigenvalue weighted by molar-refractivity contribution is 5.81. The Morgan fingerprint density at radius 3 is 2.46 bits per heavy atom. The normalized spacial score (nSPS) is 14.9. The Labute approximate surface area is 166 Å². The first-order chi connectivity index (χ1) is 13.5. The second-order valence-corrected chi connectivity index (χ2v) is 7.52. The highest BCUT2D eigenvalue weighted by Gasteiger charge is 2.28. The van der Waals surface area contributed by atoms with Crippen LogP contribution in [0.3, 0.4) is 0 Å². The molecule has 0 radical (unpaired) electrons. The fourth-order valence-electron chi connectivity index (χ4n) is 3.80. The molecule has 0 aliphatic carbocycles. The number of hydrogen-bond donors (Lipinski definition) is 1. The van der Waals surface area contributed by atoms with Crippen LogP contribution in [0, 0.1) is 19.8 Å². The predicted molar refractivity (Wildman–Crippen MR) is 109 cm³/mol. The summed E-state index contributed by atoms with van der Waals surface area (Å²) < 4.78 is 1.91. The second kappa shape index (κ2) is 9.04. The van der Waals surface area contributed by atoms with Crippen molar-refractivity contribution in [2.75, 3.05) is 19.6 Å².